The van der Waals surface area contributed by atoms with Gasteiger partial charge in [-0.25, -0.2) is 0 Å². The van der Waals surface area contributed by atoms with Crippen LogP contribution in [0.25, 0.3) is 0 Å². The Kier molecular flexibility index (Phi) is 4.89. The van der Waals surface area contributed by atoms with E-state index in [1.54, 1.807) is 0 Å². The third kappa shape index (κ3) is 3.07. The second-order valence-corrected chi connectivity index (χ2v) is 5.16. The molecule has 3 amide bonds. The van der Waals surface area contributed by atoms with Gasteiger partial charge in [-0.05, 0) is 19.3 Å². The number of hydrogen-bond donors (Lipinski definition) is 2. The number of aliphatic hydroxyl groups excluding tert-OH is 1. The number of carbonyl (C=O) groups is 3. The minimum absolute atomic E-state index is 0.0921. The highest BCUT2D eigenvalue weighted by atomic mass is 16.3. The van der Waals surface area contributed by atoms with Gasteiger partial charge in [0, 0.05) is 19.5 Å². The minimum Gasteiger partial charge on any atom is -0.395 e. The summed E-state index contributed by atoms with van der Waals surface area (Å²) >= 11 is 0. The van der Waals surface area contributed by atoms with Crippen LogP contribution in [0.1, 0.15) is 25.7 Å². The Hall–Kier alpha value is -1.69. The molecule has 0 spiro atoms. The van der Waals surface area contributed by atoms with Gasteiger partial charge in [0.25, 0.3) is 0 Å². The summed E-state index contributed by atoms with van der Waals surface area (Å²) in [5, 5.41) is 11.1. The number of allylic oxidation sites excluding steroid dienone is 2. The molecule has 1 saturated heterocycles. The molecule has 2 atom stereocenters. The summed E-state index contributed by atoms with van der Waals surface area (Å²) < 4.78 is 0. The van der Waals surface area contributed by atoms with Crippen LogP contribution in [0.5, 0.6) is 0 Å². The molecule has 1 heterocycles. The molecule has 110 valence electrons. The van der Waals surface area contributed by atoms with Crippen molar-refractivity contribution in [3.05, 3.63) is 12.2 Å². The van der Waals surface area contributed by atoms with Crippen molar-refractivity contribution in [3.8, 4) is 0 Å². The van der Waals surface area contributed by atoms with Crippen LogP contribution in [0.4, 0.5) is 0 Å². The number of rotatable bonds is 6. The van der Waals surface area contributed by atoms with Crippen molar-refractivity contribution in [2.24, 2.45) is 11.8 Å². The Balaban J connectivity index is 1.80. The lowest BCUT2D eigenvalue weighted by Crippen LogP contribution is -2.33. The lowest BCUT2D eigenvalue weighted by molar-refractivity contribution is -0.140. The predicted octanol–water partition coefficient (Wildman–Crippen LogP) is -0.174. The maximum atomic E-state index is 12.1. The van der Waals surface area contributed by atoms with Crippen molar-refractivity contribution in [2.75, 3.05) is 19.7 Å². The summed E-state index contributed by atoms with van der Waals surface area (Å²) in [6, 6.07) is 0. The summed E-state index contributed by atoms with van der Waals surface area (Å²) in [7, 11) is 0. The molecule has 6 nitrogen and oxygen atoms in total. The fourth-order valence-corrected chi connectivity index (χ4v) is 2.77. The molecule has 0 aromatic rings. The normalized spacial score (nSPS) is 24.9. The predicted molar refractivity (Wildman–Crippen MR) is 71.4 cm³/mol. The van der Waals surface area contributed by atoms with Gasteiger partial charge >= 0.3 is 0 Å². The molecule has 0 bridgehead atoms. The number of fused-ring (bicyclic) bond motifs is 1. The highest BCUT2D eigenvalue weighted by Crippen LogP contribution is 2.34. The monoisotopic (exact) mass is 280 g/mol. The standard InChI is InChI=1S/C14H20N2O4/c17-9-7-15-12(18)6-3-8-16-13(19)10-4-1-2-5-11(10)14(16)20/h1-2,10-11,17H,3-9H2,(H,15,18)/t10-,11+. The van der Waals surface area contributed by atoms with Crippen LogP contribution in [-0.2, 0) is 14.4 Å². The third-order valence-electron chi connectivity index (χ3n) is 3.82. The minimum atomic E-state index is -0.198. The summed E-state index contributed by atoms with van der Waals surface area (Å²) in [5.41, 5.74) is 0. The van der Waals surface area contributed by atoms with Gasteiger partial charge in [-0.3, -0.25) is 19.3 Å². The van der Waals surface area contributed by atoms with Crippen LogP contribution in [0.2, 0.25) is 0 Å². The summed E-state index contributed by atoms with van der Waals surface area (Å²) in [6.07, 6.45) is 5.91. The smallest absolute Gasteiger partial charge is 0.233 e. The van der Waals surface area contributed by atoms with E-state index in [9.17, 15) is 14.4 Å². The molecule has 0 aromatic carbocycles. The van der Waals surface area contributed by atoms with Gasteiger partial charge in [0.15, 0.2) is 0 Å². The molecule has 2 N–H and O–H groups in total. The number of nitrogens with zero attached hydrogens (tertiary/aromatic N) is 1. The lowest BCUT2D eigenvalue weighted by atomic mass is 9.85. The van der Waals surface area contributed by atoms with E-state index in [0.29, 0.717) is 25.8 Å². The van der Waals surface area contributed by atoms with Gasteiger partial charge in [0.05, 0.1) is 18.4 Å². The molecular formula is C14H20N2O4. The van der Waals surface area contributed by atoms with Crippen LogP contribution in [0.3, 0.4) is 0 Å². The van der Waals surface area contributed by atoms with Crippen molar-refractivity contribution >= 4 is 17.7 Å². The van der Waals surface area contributed by atoms with Crippen molar-refractivity contribution in [1.29, 1.82) is 0 Å². The topological polar surface area (TPSA) is 86.7 Å². The molecule has 2 rings (SSSR count). The number of likely N-dealkylation sites (tertiary alicyclic amines) is 1. The number of nitrogens with one attached hydrogen (secondary N) is 1. The number of imide groups is 1. The Morgan fingerprint density at radius 2 is 1.85 bits per heavy atom. The van der Waals surface area contributed by atoms with E-state index in [4.69, 9.17) is 5.11 Å². The average Bonchev–Trinajstić information content (AvgIpc) is 2.70. The van der Waals surface area contributed by atoms with Crippen molar-refractivity contribution in [2.45, 2.75) is 25.7 Å². The number of hydrogen-bond acceptors (Lipinski definition) is 4. The van der Waals surface area contributed by atoms with Gasteiger partial charge in [-0.2, -0.15) is 0 Å². The fraction of sp³-hybridized carbons (Fsp3) is 0.643. The largest absolute Gasteiger partial charge is 0.395 e. The molecule has 0 radical (unpaired) electrons. The molecule has 0 aromatic heterocycles. The quantitative estimate of drug-likeness (QED) is 0.522. The van der Waals surface area contributed by atoms with E-state index in [2.05, 4.69) is 5.32 Å². The first-order chi connectivity index (χ1) is 9.65. The maximum Gasteiger partial charge on any atom is 0.233 e. The van der Waals surface area contributed by atoms with Gasteiger partial charge in [0.2, 0.25) is 17.7 Å². The molecular weight excluding hydrogens is 260 g/mol. The molecule has 0 saturated carbocycles. The second kappa shape index (κ2) is 6.65. The molecule has 1 fully saturated rings. The molecule has 1 aliphatic carbocycles. The highest BCUT2D eigenvalue weighted by molar-refractivity contribution is 6.05. The van der Waals surface area contributed by atoms with E-state index in [-0.39, 0.29) is 49.1 Å². The van der Waals surface area contributed by atoms with Gasteiger partial charge in [-0.1, -0.05) is 12.2 Å². The Labute approximate surface area is 117 Å². The van der Waals surface area contributed by atoms with E-state index in [1.807, 2.05) is 12.2 Å². The van der Waals surface area contributed by atoms with Crippen LogP contribution in [0.15, 0.2) is 12.2 Å². The zero-order valence-electron chi connectivity index (χ0n) is 11.4. The number of aliphatic hydroxyl groups is 1. The molecule has 0 unspecified atom stereocenters. The summed E-state index contributed by atoms with van der Waals surface area (Å²) in [4.78, 5) is 36.9. The van der Waals surface area contributed by atoms with Gasteiger partial charge < -0.3 is 10.4 Å². The first kappa shape index (κ1) is 14.7. The molecule has 6 heteroatoms. The zero-order valence-corrected chi connectivity index (χ0v) is 11.4. The second-order valence-electron chi connectivity index (χ2n) is 5.16. The third-order valence-corrected chi connectivity index (χ3v) is 3.82. The van der Waals surface area contributed by atoms with E-state index in [1.165, 1.54) is 4.90 Å². The highest BCUT2D eigenvalue weighted by Gasteiger charge is 2.46. The first-order valence-electron chi connectivity index (χ1n) is 7.03. The number of carbonyl (C=O) groups excluding carboxylic acids is 3. The molecule has 1 aliphatic heterocycles. The van der Waals surface area contributed by atoms with Crippen LogP contribution < -0.4 is 5.32 Å². The Bertz CT molecular complexity index is 407. The van der Waals surface area contributed by atoms with Crippen molar-refractivity contribution in [3.63, 3.8) is 0 Å². The van der Waals surface area contributed by atoms with E-state index >= 15 is 0 Å². The maximum absolute atomic E-state index is 12.1. The van der Waals surface area contributed by atoms with E-state index < -0.39 is 0 Å². The Morgan fingerprint density at radius 3 is 2.40 bits per heavy atom. The van der Waals surface area contributed by atoms with Gasteiger partial charge in [-0.15, -0.1) is 0 Å². The van der Waals surface area contributed by atoms with E-state index in [0.717, 1.165) is 0 Å². The van der Waals surface area contributed by atoms with Crippen LogP contribution in [-0.4, -0.2) is 47.4 Å². The molecule has 2 aliphatic rings. The van der Waals surface area contributed by atoms with Crippen LogP contribution in [0, 0.1) is 11.8 Å². The lowest BCUT2D eigenvalue weighted by Gasteiger charge is -2.14. The SMILES string of the molecule is O=C(CCCN1C(=O)[C@H]2CC=CC[C@H]2C1=O)NCCO. The fourth-order valence-electron chi connectivity index (χ4n) is 2.77. The van der Waals surface area contributed by atoms with Crippen molar-refractivity contribution < 1.29 is 19.5 Å². The van der Waals surface area contributed by atoms with Gasteiger partial charge in [0.1, 0.15) is 0 Å². The summed E-state index contributed by atoms with van der Waals surface area (Å²) in [5.74, 6) is -0.760. The first-order valence-corrected chi connectivity index (χ1v) is 7.03. The number of amides is 3. The average molecular weight is 280 g/mol. The summed E-state index contributed by atoms with van der Waals surface area (Å²) in [6.45, 7) is 0.443. The Morgan fingerprint density at radius 1 is 1.25 bits per heavy atom. The zero-order chi connectivity index (χ0) is 14.5. The van der Waals surface area contributed by atoms with Crippen LogP contribution >= 0.6 is 0 Å². The molecule has 20 heavy (non-hydrogen) atoms. The van der Waals surface area contributed by atoms with Crippen molar-refractivity contribution in [1.82, 2.24) is 10.2 Å².